The number of carbonyl (C=O) groups excluding carboxylic acids is 1. The normalized spacial score (nSPS) is 14.9. The van der Waals surface area contributed by atoms with Crippen LogP contribution in [0.5, 0.6) is 11.5 Å². The lowest BCUT2D eigenvalue weighted by atomic mass is 10.2. The van der Waals surface area contributed by atoms with Crippen molar-refractivity contribution in [2.45, 2.75) is 12.8 Å². The summed E-state index contributed by atoms with van der Waals surface area (Å²) >= 11 is 0. The number of hydrogen-bond acceptors (Lipinski definition) is 3. The van der Waals surface area contributed by atoms with E-state index in [-0.39, 0.29) is 17.4 Å². The zero-order valence-electron chi connectivity index (χ0n) is 8.23. The van der Waals surface area contributed by atoms with Crippen molar-refractivity contribution in [3.05, 3.63) is 23.8 Å². The van der Waals surface area contributed by atoms with Crippen LogP contribution in [0.2, 0.25) is 0 Å². The summed E-state index contributed by atoms with van der Waals surface area (Å²) < 4.78 is 0. The maximum Gasteiger partial charge on any atom is 0.251 e. The Morgan fingerprint density at radius 3 is 2.67 bits per heavy atom. The Labute approximate surface area is 87.6 Å². The lowest BCUT2D eigenvalue weighted by Crippen LogP contribution is -2.25. The molecule has 0 aromatic heterocycles. The molecule has 4 heteroatoms. The monoisotopic (exact) mass is 207 g/mol. The average Bonchev–Trinajstić information content (AvgIpc) is 3.02. The SMILES string of the molecule is O=C(NCC1CC1)c1ccc(O)c(O)c1. The largest absolute Gasteiger partial charge is 0.504 e. The van der Waals surface area contributed by atoms with Gasteiger partial charge in [-0.25, -0.2) is 0 Å². The predicted molar refractivity (Wildman–Crippen MR) is 54.8 cm³/mol. The molecule has 15 heavy (non-hydrogen) atoms. The molecular weight excluding hydrogens is 194 g/mol. The van der Waals surface area contributed by atoms with Gasteiger partial charge in [0.1, 0.15) is 0 Å². The van der Waals surface area contributed by atoms with Crippen LogP contribution in [-0.2, 0) is 0 Å². The van der Waals surface area contributed by atoms with Gasteiger partial charge < -0.3 is 15.5 Å². The van der Waals surface area contributed by atoms with Gasteiger partial charge in [-0.1, -0.05) is 0 Å². The number of benzene rings is 1. The van der Waals surface area contributed by atoms with Gasteiger partial charge in [-0.2, -0.15) is 0 Å². The third-order valence-corrected chi connectivity index (χ3v) is 2.49. The quantitative estimate of drug-likeness (QED) is 0.653. The molecule has 0 heterocycles. The topological polar surface area (TPSA) is 69.6 Å². The van der Waals surface area contributed by atoms with Gasteiger partial charge in [0.25, 0.3) is 5.91 Å². The Balaban J connectivity index is 2.00. The van der Waals surface area contributed by atoms with E-state index in [1.165, 1.54) is 31.0 Å². The van der Waals surface area contributed by atoms with E-state index >= 15 is 0 Å². The summed E-state index contributed by atoms with van der Waals surface area (Å²) in [4.78, 5) is 11.5. The summed E-state index contributed by atoms with van der Waals surface area (Å²) in [6, 6.07) is 4.05. The third-order valence-electron chi connectivity index (χ3n) is 2.49. The van der Waals surface area contributed by atoms with Gasteiger partial charge in [-0.15, -0.1) is 0 Å². The van der Waals surface area contributed by atoms with E-state index in [0.29, 0.717) is 18.0 Å². The maximum atomic E-state index is 11.5. The van der Waals surface area contributed by atoms with Crippen molar-refractivity contribution in [2.75, 3.05) is 6.54 Å². The smallest absolute Gasteiger partial charge is 0.251 e. The van der Waals surface area contributed by atoms with Crippen LogP contribution in [-0.4, -0.2) is 22.7 Å². The molecule has 0 atom stereocenters. The minimum Gasteiger partial charge on any atom is -0.504 e. The molecule has 0 saturated heterocycles. The van der Waals surface area contributed by atoms with E-state index in [2.05, 4.69) is 5.32 Å². The first-order valence-electron chi connectivity index (χ1n) is 4.97. The first kappa shape index (κ1) is 9.83. The molecule has 0 bridgehead atoms. The molecule has 0 radical (unpaired) electrons. The second-order valence-electron chi connectivity index (χ2n) is 3.86. The molecule has 0 aliphatic heterocycles. The van der Waals surface area contributed by atoms with E-state index in [1.807, 2.05) is 0 Å². The molecule has 4 nitrogen and oxygen atoms in total. The maximum absolute atomic E-state index is 11.5. The van der Waals surface area contributed by atoms with E-state index in [9.17, 15) is 9.90 Å². The minimum atomic E-state index is -0.269. The third kappa shape index (κ3) is 2.40. The Bertz CT molecular complexity index is 385. The number of phenolic OH excluding ortho intramolecular Hbond substituents is 2. The Kier molecular flexibility index (Phi) is 2.49. The molecule has 1 aromatic carbocycles. The van der Waals surface area contributed by atoms with Gasteiger partial charge in [0.05, 0.1) is 0 Å². The van der Waals surface area contributed by atoms with Crippen molar-refractivity contribution in [2.24, 2.45) is 5.92 Å². The van der Waals surface area contributed by atoms with Crippen LogP contribution in [0.25, 0.3) is 0 Å². The van der Waals surface area contributed by atoms with E-state index < -0.39 is 0 Å². The zero-order chi connectivity index (χ0) is 10.8. The fourth-order valence-electron chi connectivity index (χ4n) is 1.33. The summed E-state index contributed by atoms with van der Waals surface area (Å²) in [5, 5.41) is 21.1. The first-order chi connectivity index (χ1) is 7.16. The molecule has 1 aliphatic carbocycles. The number of hydrogen-bond donors (Lipinski definition) is 3. The molecule has 1 amide bonds. The fourth-order valence-corrected chi connectivity index (χ4v) is 1.33. The van der Waals surface area contributed by atoms with Crippen LogP contribution in [0.1, 0.15) is 23.2 Å². The molecule has 1 aliphatic rings. The molecular formula is C11H13NO3. The van der Waals surface area contributed by atoms with Crippen molar-refractivity contribution in [3.63, 3.8) is 0 Å². The minimum absolute atomic E-state index is 0.211. The van der Waals surface area contributed by atoms with Gasteiger partial charge in [-0.05, 0) is 37.0 Å². The summed E-state index contributed by atoms with van der Waals surface area (Å²) in [5.41, 5.74) is 0.367. The highest BCUT2D eigenvalue weighted by molar-refractivity contribution is 5.94. The summed E-state index contributed by atoms with van der Waals surface area (Å²) in [5.74, 6) is -0.0697. The second kappa shape index (κ2) is 3.81. The van der Waals surface area contributed by atoms with Crippen molar-refractivity contribution >= 4 is 5.91 Å². The number of phenols is 2. The van der Waals surface area contributed by atoms with Gasteiger partial charge in [0, 0.05) is 12.1 Å². The number of rotatable bonds is 3. The van der Waals surface area contributed by atoms with Crippen molar-refractivity contribution < 1.29 is 15.0 Å². The van der Waals surface area contributed by atoms with Crippen molar-refractivity contribution in [1.29, 1.82) is 0 Å². The molecule has 80 valence electrons. The molecule has 2 rings (SSSR count). The van der Waals surface area contributed by atoms with Crippen LogP contribution >= 0.6 is 0 Å². The summed E-state index contributed by atoms with van der Waals surface area (Å²) in [6.45, 7) is 0.695. The highest BCUT2D eigenvalue weighted by atomic mass is 16.3. The number of aromatic hydroxyl groups is 2. The first-order valence-corrected chi connectivity index (χ1v) is 4.97. The van der Waals surface area contributed by atoms with Crippen LogP contribution in [0, 0.1) is 5.92 Å². The molecule has 1 fully saturated rings. The predicted octanol–water partition coefficient (Wildman–Crippen LogP) is 1.24. The van der Waals surface area contributed by atoms with Gasteiger partial charge in [0.15, 0.2) is 11.5 Å². The number of nitrogens with one attached hydrogen (secondary N) is 1. The van der Waals surface area contributed by atoms with Gasteiger partial charge in [0.2, 0.25) is 0 Å². The molecule has 3 N–H and O–H groups in total. The average molecular weight is 207 g/mol. The second-order valence-corrected chi connectivity index (χ2v) is 3.86. The van der Waals surface area contributed by atoms with Crippen LogP contribution < -0.4 is 5.32 Å². The summed E-state index contributed by atoms with van der Waals surface area (Å²) in [7, 11) is 0. The zero-order valence-corrected chi connectivity index (χ0v) is 8.23. The molecule has 1 aromatic rings. The standard InChI is InChI=1S/C11H13NO3/c13-9-4-3-8(5-10(9)14)11(15)12-6-7-1-2-7/h3-5,7,13-14H,1-2,6H2,(H,12,15). The van der Waals surface area contributed by atoms with Crippen LogP contribution in [0.15, 0.2) is 18.2 Å². The number of amides is 1. The fraction of sp³-hybridized carbons (Fsp3) is 0.364. The lowest BCUT2D eigenvalue weighted by molar-refractivity contribution is 0.0951. The highest BCUT2D eigenvalue weighted by Crippen LogP contribution is 2.28. The highest BCUT2D eigenvalue weighted by Gasteiger charge is 2.21. The van der Waals surface area contributed by atoms with Gasteiger partial charge in [-0.3, -0.25) is 4.79 Å². The van der Waals surface area contributed by atoms with E-state index in [0.717, 1.165) is 0 Å². The molecule has 0 spiro atoms. The number of carbonyl (C=O) groups is 1. The van der Waals surface area contributed by atoms with Gasteiger partial charge >= 0.3 is 0 Å². The molecule has 0 unspecified atom stereocenters. The van der Waals surface area contributed by atoms with Crippen LogP contribution in [0.3, 0.4) is 0 Å². The lowest BCUT2D eigenvalue weighted by Gasteiger charge is -2.05. The van der Waals surface area contributed by atoms with E-state index in [1.54, 1.807) is 0 Å². The Morgan fingerprint density at radius 1 is 1.33 bits per heavy atom. The Hall–Kier alpha value is -1.71. The molecule has 1 saturated carbocycles. The van der Waals surface area contributed by atoms with Crippen molar-refractivity contribution in [1.82, 2.24) is 5.32 Å². The Morgan fingerprint density at radius 2 is 2.07 bits per heavy atom. The summed E-state index contributed by atoms with van der Waals surface area (Å²) in [6.07, 6.45) is 2.36. The van der Waals surface area contributed by atoms with E-state index in [4.69, 9.17) is 5.11 Å². The van der Waals surface area contributed by atoms with Crippen molar-refractivity contribution in [3.8, 4) is 11.5 Å². The van der Waals surface area contributed by atoms with Crippen LogP contribution in [0.4, 0.5) is 0 Å².